The first-order valence-corrected chi connectivity index (χ1v) is 5.24. The molecule has 1 aromatic rings. The molecule has 1 saturated carbocycles. The topological polar surface area (TPSA) is 55.2 Å². The summed E-state index contributed by atoms with van der Waals surface area (Å²) in [5, 5.41) is 14.0. The highest BCUT2D eigenvalue weighted by Crippen LogP contribution is 2.31. The van der Waals surface area contributed by atoms with Crippen LogP contribution in [0.5, 0.6) is 0 Å². The third-order valence-corrected chi connectivity index (χ3v) is 2.60. The maximum absolute atomic E-state index is 10.9. The zero-order chi connectivity index (χ0) is 10.8. The van der Waals surface area contributed by atoms with E-state index in [0.29, 0.717) is 11.7 Å². The van der Waals surface area contributed by atoms with Crippen molar-refractivity contribution in [2.75, 3.05) is 5.32 Å². The fourth-order valence-corrected chi connectivity index (χ4v) is 1.52. The Kier molecular flexibility index (Phi) is 2.58. The largest absolute Gasteiger partial charge is 0.377 e. The van der Waals surface area contributed by atoms with Gasteiger partial charge in [-0.1, -0.05) is 13.0 Å². The molecule has 80 valence electrons. The van der Waals surface area contributed by atoms with Crippen LogP contribution in [0.2, 0.25) is 0 Å². The van der Waals surface area contributed by atoms with Crippen molar-refractivity contribution in [2.45, 2.75) is 32.2 Å². The number of nitro groups is 1. The number of hydrogen-bond donors (Lipinski definition) is 1. The van der Waals surface area contributed by atoms with Gasteiger partial charge in [0, 0.05) is 12.1 Å². The molecular weight excluding hydrogens is 192 g/mol. The van der Waals surface area contributed by atoms with Gasteiger partial charge in [0.25, 0.3) is 5.69 Å². The summed E-state index contributed by atoms with van der Waals surface area (Å²) in [5.41, 5.74) is 1.85. The zero-order valence-electron chi connectivity index (χ0n) is 8.69. The van der Waals surface area contributed by atoms with Gasteiger partial charge in [0.2, 0.25) is 0 Å². The summed E-state index contributed by atoms with van der Waals surface area (Å²) < 4.78 is 0. The highest BCUT2D eigenvalue weighted by atomic mass is 16.6. The molecule has 0 aliphatic heterocycles. The van der Waals surface area contributed by atoms with Gasteiger partial charge >= 0.3 is 0 Å². The Hall–Kier alpha value is -1.58. The first-order chi connectivity index (χ1) is 7.20. The molecule has 0 spiro atoms. The summed E-state index contributed by atoms with van der Waals surface area (Å²) in [6, 6.07) is 5.86. The molecule has 0 radical (unpaired) electrons. The van der Waals surface area contributed by atoms with E-state index in [1.165, 1.54) is 0 Å². The molecule has 0 amide bonds. The van der Waals surface area contributed by atoms with Crippen LogP contribution >= 0.6 is 0 Å². The molecule has 0 aromatic heterocycles. The van der Waals surface area contributed by atoms with Gasteiger partial charge in [-0.15, -0.1) is 0 Å². The molecule has 4 nitrogen and oxygen atoms in total. The summed E-state index contributed by atoms with van der Waals surface area (Å²) in [4.78, 5) is 10.5. The van der Waals surface area contributed by atoms with Crippen molar-refractivity contribution in [1.29, 1.82) is 0 Å². The molecule has 15 heavy (non-hydrogen) atoms. The first-order valence-electron chi connectivity index (χ1n) is 5.24. The highest BCUT2D eigenvalue weighted by Gasteiger charge is 2.24. The lowest BCUT2D eigenvalue weighted by Crippen LogP contribution is -2.04. The Morgan fingerprint density at radius 3 is 2.80 bits per heavy atom. The van der Waals surface area contributed by atoms with E-state index in [1.54, 1.807) is 6.07 Å². The number of anilines is 1. The minimum atomic E-state index is -0.316. The maximum Gasteiger partial charge on any atom is 0.292 e. The van der Waals surface area contributed by atoms with E-state index in [9.17, 15) is 10.1 Å². The summed E-state index contributed by atoms with van der Waals surface area (Å²) in [5.74, 6) is 0. The second kappa shape index (κ2) is 3.88. The first kappa shape index (κ1) is 9.96. The third kappa shape index (κ3) is 2.26. The Morgan fingerprint density at radius 1 is 1.53 bits per heavy atom. The van der Waals surface area contributed by atoms with Crippen LogP contribution in [-0.4, -0.2) is 11.0 Å². The van der Waals surface area contributed by atoms with Crippen molar-refractivity contribution in [3.05, 3.63) is 33.9 Å². The maximum atomic E-state index is 10.9. The number of aryl methyl sites for hydroxylation is 1. The van der Waals surface area contributed by atoms with E-state index >= 15 is 0 Å². The number of nitrogens with zero attached hydrogens (tertiary/aromatic N) is 1. The second-order valence-electron chi connectivity index (χ2n) is 3.88. The summed E-state index contributed by atoms with van der Waals surface area (Å²) >= 11 is 0. The molecule has 1 aliphatic carbocycles. The molecule has 0 saturated heterocycles. The fourth-order valence-electron chi connectivity index (χ4n) is 1.52. The lowest BCUT2D eigenvalue weighted by molar-refractivity contribution is -0.384. The van der Waals surface area contributed by atoms with Crippen molar-refractivity contribution in [3.63, 3.8) is 0 Å². The fraction of sp³-hybridized carbons (Fsp3) is 0.455. The SMILES string of the molecule is CCc1ccc(NC2CC2)c([N+](=O)[O-])c1. The molecule has 1 fully saturated rings. The van der Waals surface area contributed by atoms with Gasteiger partial charge in [-0.05, 0) is 30.9 Å². The number of hydrogen-bond acceptors (Lipinski definition) is 3. The van der Waals surface area contributed by atoms with Crippen LogP contribution in [0.15, 0.2) is 18.2 Å². The Bertz CT molecular complexity index is 386. The molecule has 1 N–H and O–H groups in total. The van der Waals surface area contributed by atoms with Crippen molar-refractivity contribution >= 4 is 11.4 Å². The number of rotatable bonds is 4. The Balaban J connectivity index is 2.29. The average Bonchev–Trinajstić information content (AvgIpc) is 3.02. The summed E-state index contributed by atoms with van der Waals surface area (Å²) in [6.45, 7) is 1.99. The lowest BCUT2D eigenvalue weighted by atomic mass is 10.1. The highest BCUT2D eigenvalue weighted by molar-refractivity contribution is 5.63. The van der Waals surface area contributed by atoms with Gasteiger partial charge in [-0.2, -0.15) is 0 Å². The zero-order valence-corrected chi connectivity index (χ0v) is 8.69. The van der Waals surface area contributed by atoms with Gasteiger partial charge in [-0.3, -0.25) is 10.1 Å². The number of nitrogens with one attached hydrogen (secondary N) is 1. The van der Waals surface area contributed by atoms with Crippen LogP contribution in [0.1, 0.15) is 25.3 Å². The molecule has 0 atom stereocenters. The molecule has 1 aromatic carbocycles. The van der Waals surface area contributed by atoms with Gasteiger partial charge < -0.3 is 5.32 Å². The van der Waals surface area contributed by atoms with Gasteiger partial charge in [-0.25, -0.2) is 0 Å². The van der Waals surface area contributed by atoms with E-state index in [1.807, 2.05) is 19.1 Å². The molecule has 1 aliphatic rings. The quantitative estimate of drug-likeness (QED) is 0.608. The molecule has 0 heterocycles. The van der Waals surface area contributed by atoms with E-state index in [-0.39, 0.29) is 10.6 Å². The molecule has 4 heteroatoms. The van der Waals surface area contributed by atoms with Crippen LogP contribution in [0, 0.1) is 10.1 Å². The minimum Gasteiger partial charge on any atom is -0.377 e. The van der Waals surface area contributed by atoms with Crippen LogP contribution < -0.4 is 5.32 Å². The van der Waals surface area contributed by atoms with E-state index in [4.69, 9.17) is 0 Å². The second-order valence-corrected chi connectivity index (χ2v) is 3.88. The molecule has 0 bridgehead atoms. The van der Waals surface area contributed by atoms with Gasteiger partial charge in [0.1, 0.15) is 5.69 Å². The Labute approximate surface area is 88.5 Å². The van der Waals surface area contributed by atoms with Crippen LogP contribution in [0.4, 0.5) is 11.4 Å². The van der Waals surface area contributed by atoms with Crippen molar-refractivity contribution in [3.8, 4) is 0 Å². The molecular formula is C11H14N2O2. The van der Waals surface area contributed by atoms with Crippen LogP contribution in [0.3, 0.4) is 0 Å². The molecule has 0 unspecified atom stereocenters. The smallest absolute Gasteiger partial charge is 0.292 e. The van der Waals surface area contributed by atoms with Gasteiger partial charge in [0.05, 0.1) is 4.92 Å². The third-order valence-electron chi connectivity index (χ3n) is 2.60. The minimum absolute atomic E-state index is 0.196. The lowest BCUT2D eigenvalue weighted by Gasteiger charge is -2.06. The van der Waals surface area contributed by atoms with Crippen molar-refractivity contribution < 1.29 is 4.92 Å². The van der Waals surface area contributed by atoms with E-state index < -0.39 is 0 Å². The summed E-state index contributed by atoms with van der Waals surface area (Å²) in [6.07, 6.45) is 3.06. The monoisotopic (exact) mass is 206 g/mol. The average molecular weight is 206 g/mol. The predicted molar refractivity (Wildman–Crippen MR) is 59.1 cm³/mol. The standard InChI is InChI=1S/C11H14N2O2/c1-2-8-3-6-10(12-9-4-5-9)11(7-8)13(14)15/h3,6-7,9,12H,2,4-5H2,1H3. The molecule has 2 rings (SSSR count). The number of nitro benzene ring substituents is 1. The normalized spacial score (nSPS) is 15.0. The van der Waals surface area contributed by atoms with E-state index in [2.05, 4.69) is 5.32 Å². The van der Waals surface area contributed by atoms with E-state index in [0.717, 1.165) is 24.8 Å². The van der Waals surface area contributed by atoms with Crippen molar-refractivity contribution in [1.82, 2.24) is 0 Å². The Morgan fingerprint density at radius 2 is 2.27 bits per heavy atom. The summed E-state index contributed by atoms with van der Waals surface area (Å²) in [7, 11) is 0. The number of benzene rings is 1. The van der Waals surface area contributed by atoms with Crippen molar-refractivity contribution in [2.24, 2.45) is 0 Å². The predicted octanol–water partition coefficient (Wildman–Crippen LogP) is 2.73. The van der Waals surface area contributed by atoms with Crippen LogP contribution in [0.25, 0.3) is 0 Å². The van der Waals surface area contributed by atoms with Gasteiger partial charge in [0.15, 0.2) is 0 Å². The van der Waals surface area contributed by atoms with Crippen LogP contribution in [-0.2, 0) is 6.42 Å².